The van der Waals surface area contributed by atoms with Crippen molar-refractivity contribution in [2.45, 2.75) is 51.0 Å². The second-order valence-electron chi connectivity index (χ2n) is 5.29. The minimum Gasteiger partial charge on any atom is -0.383 e. The number of nitrogens with one attached hydrogen (secondary N) is 1. The maximum absolute atomic E-state index is 12.4. The third-order valence-corrected chi connectivity index (χ3v) is 5.38. The Kier molecular flexibility index (Phi) is 8.63. The molecule has 3 N–H and O–H groups in total. The van der Waals surface area contributed by atoms with Gasteiger partial charge in [-0.05, 0) is 25.8 Å². The van der Waals surface area contributed by atoms with E-state index in [0.29, 0.717) is 32.7 Å². The average molecular weight is 307 g/mol. The third kappa shape index (κ3) is 6.05. The molecule has 1 aliphatic rings. The molecule has 0 spiro atoms. The van der Waals surface area contributed by atoms with E-state index in [2.05, 4.69) is 4.72 Å². The molecular formula is C13H29N3O3S. The van der Waals surface area contributed by atoms with Crippen molar-refractivity contribution in [3.63, 3.8) is 0 Å². The van der Waals surface area contributed by atoms with Crippen LogP contribution in [0.3, 0.4) is 0 Å². The predicted molar refractivity (Wildman–Crippen MR) is 80.7 cm³/mol. The fraction of sp³-hybridized carbons (Fsp3) is 1.00. The van der Waals surface area contributed by atoms with E-state index < -0.39 is 10.2 Å². The minimum atomic E-state index is -3.43. The molecule has 0 aromatic rings. The van der Waals surface area contributed by atoms with E-state index in [1.54, 1.807) is 11.4 Å². The lowest BCUT2D eigenvalue weighted by Gasteiger charge is -2.30. The normalized spacial score (nSPS) is 18.4. The fourth-order valence-electron chi connectivity index (χ4n) is 2.65. The van der Waals surface area contributed by atoms with Crippen molar-refractivity contribution in [3.05, 3.63) is 0 Å². The fourth-order valence-corrected chi connectivity index (χ4v) is 4.13. The topological polar surface area (TPSA) is 84.7 Å². The first-order valence-electron chi connectivity index (χ1n) is 7.57. The summed E-state index contributed by atoms with van der Waals surface area (Å²) in [4.78, 5) is 0. The zero-order valence-corrected chi connectivity index (χ0v) is 13.3. The first-order chi connectivity index (χ1) is 9.61. The van der Waals surface area contributed by atoms with Crippen LogP contribution in [0.1, 0.15) is 44.9 Å². The number of methoxy groups -OCH3 is 1. The van der Waals surface area contributed by atoms with E-state index >= 15 is 0 Å². The highest BCUT2D eigenvalue weighted by Crippen LogP contribution is 2.23. The van der Waals surface area contributed by atoms with Crippen LogP contribution in [0.4, 0.5) is 0 Å². The SMILES string of the molecule is COCCNS(=O)(=O)N(CCCN)C1CCCCCC1. The molecule has 0 amide bonds. The van der Waals surface area contributed by atoms with Crippen molar-refractivity contribution in [2.24, 2.45) is 5.73 Å². The number of ether oxygens (including phenoxy) is 1. The summed E-state index contributed by atoms with van der Waals surface area (Å²) in [6.07, 6.45) is 7.23. The number of rotatable bonds is 9. The molecule has 0 unspecified atom stereocenters. The molecule has 0 saturated heterocycles. The zero-order chi connectivity index (χ0) is 14.8. The first-order valence-corrected chi connectivity index (χ1v) is 9.01. The van der Waals surface area contributed by atoms with Gasteiger partial charge in [0.25, 0.3) is 10.2 Å². The van der Waals surface area contributed by atoms with Crippen LogP contribution in [0.2, 0.25) is 0 Å². The Morgan fingerprint density at radius 1 is 1.25 bits per heavy atom. The van der Waals surface area contributed by atoms with E-state index in [1.807, 2.05) is 0 Å². The number of hydrogen-bond acceptors (Lipinski definition) is 4. The van der Waals surface area contributed by atoms with Gasteiger partial charge in [0.2, 0.25) is 0 Å². The van der Waals surface area contributed by atoms with Crippen LogP contribution in [-0.4, -0.2) is 52.1 Å². The van der Waals surface area contributed by atoms with E-state index in [0.717, 1.165) is 25.7 Å². The first kappa shape index (κ1) is 17.8. The molecule has 0 heterocycles. The number of nitrogens with zero attached hydrogens (tertiary/aromatic N) is 1. The lowest BCUT2D eigenvalue weighted by atomic mass is 10.1. The van der Waals surface area contributed by atoms with Gasteiger partial charge in [0, 0.05) is 26.2 Å². The molecular weight excluding hydrogens is 278 g/mol. The molecule has 7 heteroatoms. The molecule has 1 fully saturated rings. The summed E-state index contributed by atoms with van der Waals surface area (Å²) in [5.74, 6) is 0. The molecule has 1 aliphatic carbocycles. The van der Waals surface area contributed by atoms with Crippen LogP contribution in [0.15, 0.2) is 0 Å². The maximum Gasteiger partial charge on any atom is 0.279 e. The highest BCUT2D eigenvalue weighted by Gasteiger charge is 2.29. The Morgan fingerprint density at radius 2 is 1.90 bits per heavy atom. The van der Waals surface area contributed by atoms with Gasteiger partial charge in [0.1, 0.15) is 0 Å². The molecule has 0 radical (unpaired) electrons. The van der Waals surface area contributed by atoms with Crippen LogP contribution < -0.4 is 10.5 Å². The van der Waals surface area contributed by atoms with Crippen molar-refractivity contribution < 1.29 is 13.2 Å². The van der Waals surface area contributed by atoms with Crippen molar-refractivity contribution in [1.82, 2.24) is 9.03 Å². The van der Waals surface area contributed by atoms with Crippen LogP contribution in [0.5, 0.6) is 0 Å². The van der Waals surface area contributed by atoms with Gasteiger partial charge in [-0.25, -0.2) is 0 Å². The Hall–Kier alpha value is -0.210. The third-order valence-electron chi connectivity index (χ3n) is 3.71. The maximum atomic E-state index is 12.4. The van der Waals surface area contributed by atoms with Gasteiger partial charge in [0.05, 0.1) is 6.61 Å². The molecule has 0 aromatic heterocycles. The van der Waals surface area contributed by atoms with Gasteiger partial charge >= 0.3 is 0 Å². The summed E-state index contributed by atoms with van der Waals surface area (Å²) < 4.78 is 34.0. The van der Waals surface area contributed by atoms with Crippen LogP contribution >= 0.6 is 0 Å². The zero-order valence-electron chi connectivity index (χ0n) is 12.5. The molecule has 0 bridgehead atoms. The summed E-state index contributed by atoms with van der Waals surface area (Å²) in [5, 5.41) is 0. The molecule has 0 aliphatic heterocycles. The second-order valence-corrected chi connectivity index (χ2v) is 7.00. The Balaban J connectivity index is 2.69. The van der Waals surface area contributed by atoms with Gasteiger partial charge in [-0.2, -0.15) is 17.4 Å². The minimum absolute atomic E-state index is 0.115. The summed E-state index contributed by atoms with van der Waals surface area (Å²) >= 11 is 0. The molecule has 20 heavy (non-hydrogen) atoms. The molecule has 6 nitrogen and oxygen atoms in total. The predicted octanol–water partition coefficient (Wildman–Crippen LogP) is 0.841. The Morgan fingerprint density at radius 3 is 2.45 bits per heavy atom. The molecule has 0 atom stereocenters. The molecule has 1 rings (SSSR count). The lowest BCUT2D eigenvalue weighted by molar-refractivity contribution is 0.202. The molecule has 1 saturated carbocycles. The van der Waals surface area contributed by atoms with Gasteiger partial charge in [-0.15, -0.1) is 0 Å². The van der Waals surface area contributed by atoms with Crippen molar-refractivity contribution in [1.29, 1.82) is 0 Å². The van der Waals surface area contributed by atoms with Crippen molar-refractivity contribution >= 4 is 10.2 Å². The lowest BCUT2D eigenvalue weighted by Crippen LogP contribution is -2.48. The second kappa shape index (κ2) is 9.68. The van der Waals surface area contributed by atoms with Crippen LogP contribution in [-0.2, 0) is 14.9 Å². The summed E-state index contributed by atoms with van der Waals surface area (Å²) in [5.41, 5.74) is 5.54. The number of nitrogens with two attached hydrogens (primary N) is 1. The summed E-state index contributed by atoms with van der Waals surface area (Å²) in [6, 6.07) is 0.115. The van der Waals surface area contributed by atoms with Gasteiger partial charge in [-0.3, -0.25) is 0 Å². The summed E-state index contributed by atoms with van der Waals surface area (Å²) in [7, 11) is -1.87. The number of hydrogen-bond donors (Lipinski definition) is 2. The highest BCUT2D eigenvalue weighted by molar-refractivity contribution is 7.87. The summed E-state index contributed by atoms with van der Waals surface area (Å²) in [6.45, 7) is 1.71. The van der Waals surface area contributed by atoms with Crippen LogP contribution in [0, 0.1) is 0 Å². The average Bonchev–Trinajstić information content (AvgIpc) is 2.68. The molecule has 120 valence electrons. The Bertz CT molecular complexity index is 341. The standard InChI is InChI=1S/C13H29N3O3S/c1-19-12-10-15-20(17,18)16(11-6-9-14)13-7-4-2-3-5-8-13/h13,15H,2-12,14H2,1H3. The van der Waals surface area contributed by atoms with Gasteiger partial charge < -0.3 is 10.5 Å². The largest absolute Gasteiger partial charge is 0.383 e. The highest BCUT2D eigenvalue weighted by atomic mass is 32.2. The van der Waals surface area contributed by atoms with Crippen molar-refractivity contribution in [2.75, 3.05) is 33.4 Å². The van der Waals surface area contributed by atoms with Crippen molar-refractivity contribution in [3.8, 4) is 0 Å². The van der Waals surface area contributed by atoms with E-state index in [1.165, 1.54) is 12.8 Å². The van der Waals surface area contributed by atoms with E-state index in [-0.39, 0.29) is 6.04 Å². The monoisotopic (exact) mass is 307 g/mol. The van der Waals surface area contributed by atoms with Crippen LogP contribution in [0.25, 0.3) is 0 Å². The smallest absolute Gasteiger partial charge is 0.279 e. The molecule has 0 aromatic carbocycles. The van der Waals surface area contributed by atoms with Gasteiger partial charge in [-0.1, -0.05) is 25.7 Å². The van der Waals surface area contributed by atoms with E-state index in [4.69, 9.17) is 10.5 Å². The van der Waals surface area contributed by atoms with E-state index in [9.17, 15) is 8.42 Å². The quantitative estimate of drug-likeness (QED) is 0.488. The Labute approximate surface area is 123 Å². The van der Waals surface area contributed by atoms with Gasteiger partial charge in [0.15, 0.2) is 0 Å².